The molecule has 0 atom stereocenters. The van der Waals surface area contributed by atoms with Crippen molar-refractivity contribution in [2.45, 2.75) is 0 Å². The van der Waals surface area contributed by atoms with Crippen molar-refractivity contribution in [3.63, 3.8) is 0 Å². The number of nitrogens with zero attached hydrogens (tertiary/aromatic N) is 3. The fraction of sp³-hybridized carbons (Fsp3) is 0. The number of benzene rings is 5. The number of amides is 1. The zero-order valence-corrected chi connectivity index (χ0v) is 20.7. The first kappa shape index (κ1) is 23.2. The average molecular weight is 492 g/mol. The van der Waals surface area contributed by atoms with Crippen LogP contribution in [0.3, 0.4) is 0 Å². The van der Waals surface area contributed by atoms with Gasteiger partial charge in [-0.1, -0.05) is 127 Å². The minimum Gasteiger partial charge on any atom is -0.261 e. The van der Waals surface area contributed by atoms with Crippen LogP contribution in [0.15, 0.2) is 152 Å². The van der Waals surface area contributed by atoms with Crippen molar-refractivity contribution >= 4 is 17.4 Å². The van der Waals surface area contributed by atoms with Crippen LogP contribution < -0.4 is 4.90 Å². The minimum atomic E-state index is -0.263. The lowest BCUT2D eigenvalue weighted by Crippen LogP contribution is -2.32. The molecule has 4 nitrogen and oxygen atoms in total. The fourth-order valence-electron chi connectivity index (χ4n) is 4.71. The van der Waals surface area contributed by atoms with E-state index in [9.17, 15) is 4.79 Å². The Morgan fingerprint density at radius 3 is 1.37 bits per heavy atom. The summed E-state index contributed by atoms with van der Waals surface area (Å²) >= 11 is 0. The summed E-state index contributed by atoms with van der Waals surface area (Å²) in [5.41, 5.74) is 6.80. The minimum absolute atomic E-state index is 0.263. The summed E-state index contributed by atoms with van der Waals surface area (Å²) in [6, 6.07) is 49.3. The number of hydrogen-bond donors (Lipinski definition) is 0. The first-order valence-corrected chi connectivity index (χ1v) is 12.5. The molecule has 0 fully saturated rings. The predicted octanol–water partition coefficient (Wildman–Crippen LogP) is 8.69. The van der Waals surface area contributed by atoms with E-state index in [2.05, 4.69) is 12.1 Å². The van der Waals surface area contributed by atoms with Crippen molar-refractivity contribution in [2.75, 3.05) is 4.90 Å². The van der Waals surface area contributed by atoms with Crippen molar-refractivity contribution in [3.8, 4) is 33.6 Å². The molecule has 182 valence electrons. The van der Waals surface area contributed by atoms with Crippen LogP contribution in [0.4, 0.5) is 16.2 Å². The van der Waals surface area contributed by atoms with Crippen LogP contribution in [0.5, 0.6) is 0 Å². The maximum atomic E-state index is 14.6. The fourth-order valence-corrected chi connectivity index (χ4v) is 4.71. The summed E-state index contributed by atoms with van der Waals surface area (Å²) in [5, 5.41) is 5.03. The number of carbonyl (C=O) groups excluding carboxylic acids is 1. The Morgan fingerprint density at radius 2 is 0.895 bits per heavy atom. The largest absolute Gasteiger partial charge is 0.354 e. The number of rotatable bonds is 5. The van der Waals surface area contributed by atoms with Gasteiger partial charge in [-0.25, -0.2) is 4.79 Å². The van der Waals surface area contributed by atoms with E-state index in [1.165, 1.54) is 0 Å². The van der Waals surface area contributed by atoms with Crippen LogP contribution in [0.1, 0.15) is 0 Å². The van der Waals surface area contributed by atoms with Gasteiger partial charge in [-0.2, -0.15) is 9.78 Å². The molecule has 5 aromatic carbocycles. The molecule has 0 unspecified atom stereocenters. The Morgan fingerprint density at radius 1 is 0.500 bits per heavy atom. The first-order chi connectivity index (χ1) is 18.8. The zero-order valence-electron chi connectivity index (χ0n) is 20.7. The SMILES string of the molecule is O=C(N(c1ccccc1)c1ccccc1)n1nc(-c2ccccc2)c(-c2ccccc2)c1-c1ccccc1. The van der Waals surface area contributed by atoms with E-state index >= 15 is 0 Å². The summed E-state index contributed by atoms with van der Waals surface area (Å²) < 4.78 is 1.56. The maximum Gasteiger partial charge on any atom is 0.354 e. The molecule has 0 bridgehead atoms. The van der Waals surface area contributed by atoms with E-state index in [1.807, 2.05) is 140 Å². The molecule has 0 N–H and O–H groups in total. The van der Waals surface area contributed by atoms with Crippen LogP contribution >= 0.6 is 0 Å². The molecule has 1 aromatic heterocycles. The van der Waals surface area contributed by atoms with Crippen LogP contribution in [-0.4, -0.2) is 15.8 Å². The number of aromatic nitrogens is 2. The second-order valence-electron chi connectivity index (χ2n) is 8.87. The third-order valence-electron chi connectivity index (χ3n) is 6.44. The molecule has 0 saturated carbocycles. The summed E-state index contributed by atoms with van der Waals surface area (Å²) in [7, 11) is 0. The number of anilines is 2. The van der Waals surface area contributed by atoms with E-state index < -0.39 is 0 Å². The van der Waals surface area contributed by atoms with Gasteiger partial charge < -0.3 is 0 Å². The third kappa shape index (κ3) is 4.40. The van der Waals surface area contributed by atoms with E-state index in [1.54, 1.807) is 9.58 Å². The Balaban J connectivity index is 1.65. The van der Waals surface area contributed by atoms with E-state index in [-0.39, 0.29) is 6.03 Å². The van der Waals surface area contributed by atoms with E-state index in [0.717, 1.165) is 45.0 Å². The topological polar surface area (TPSA) is 38.1 Å². The van der Waals surface area contributed by atoms with Crippen LogP contribution in [0, 0.1) is 0 Å². The van der Waals surface area contributed by atoms with Crippen molar-refractivity contribution < 1.29 is 4.79 Å². The summed E-state index contributed by atoms with van der Waals surface area (Å²) in [6.07, 6.45) is 0. The van der Waals surface area contributed by atoms with Crippen LogP contribution in [0.2, 0.25) is 0 Å². The van der Waals surface area contributed by atoms with Gasteiger partial charge >= 0.3 is 6.03 Å². The van der Waals surface area contributed by atoms with Crippen LogP contribution in [0.25, 0.3) is 33.6 Å². The molecule has 4 heteroatoms. The van der Waals surface area contributed by atoms with Crippen molar-refractivity contribution in [1.29, 1.82) is 0 Å². The van der Waals surface area contributed by atoms with Crippen molar-refractivity contribution in [2.24, 2.45) is 0 Å². The van der Waals surface area contributed by atoms with Crippen molar-refractivity contribution in [1.82, 2.24) is 9.78 Å². The van der Waals surface area contributed by atoms with Gasteiger partial charge in [0, 0.05) is 16.7 Å². The standard InChI is InChI=1S/C34H25N3O/c38-34(36(29-22-12-4-13-23-29)30-24-14-5-15-25-30)37-33(28-20-10-3-11-21-28)31(26-16-6-1-7-17-26)32(35-37)27-18-8-2-9-19-27/h1-25H. The van der Waals surface area contributed by atoms with E-state index in [4.69, 9.17) is 5.10 Å². The second kappa shape index (κ2) is 10.4. The number of hydrogen-bond acceptors (Lipinski definition) is 2. The first-order valence-electron chi connectivity index (χ1n) is 12.5. The highest BCUT2D eigenvalue weighted by Gasteiger charge is 2.29. The number of para-hydroxylation sites is 2. The molecule has 1 amide bonds. The normalized spacial score (nSPS) is 10.7. The van der Waals surface area contributed by atoms with Gasteiger partial charge in [0.15, 0.2) is 0 Å². The monoisotopic (exact) mass is 491 g/mol. The molecule has 6 aromatic rings. The van der Waals surface area contributed by atoms with Gasteiger partial charge in [0.05, 0.1) is 17.1 Å². The van der Waals surface area contributed by atoms with Crippen molar-refractivity contribution in [3.05, 3.63) is 152 Å². The molecular formula is C34H25N3O. The Kier molecular flexibility index (Phi) is 6.35. The molecule has 0 aliphatic carbocycles. The molecular weight excluding hydrogens is 466 g/mol. The summed E-state index contributed by atoms with van der Waals surface area (Å²) in [4.78, 5) is 16.3. The quantitative estimate of drug-likeness (QED) is 0.242. The summed E-state index contributed by atoms with van der Waals surface area (Å²) in [6.45, 7) is 0. The zero-order chi connectivity index (χ0) is 25.7. The lowest BCUT2D eigenvalue weighted by Gasteiger charge is -2.23. The van der Waals surface area contributed by atoms with Gasteiger partial charge in [0.2, 0.25) is 0 Å². The summed E-state index contributed by atoms with van der Waals surface area (Å²) in [5.74, 6) is 0. The van der Waals surface area contributed by atoms with E-state index in [0.29, 0.717) is 0 Å². The van der Waals surface area contributed by atoms with Gasteiger partial charge in [0.25, 0.3) is 0 Å². The molecule has 0 spiro atoms. The highest BCUT2D eigenvalue weighted by Crippen LogP contribution is 2.41. The lowest BCUT2D eigenvalue weighted by atomic mass is 9.96. The predicted molar refractivity (Wildman–Crippen MR) is 154 cm³/mol. The van der Waals surface area contributed by atoms with Gasteiger partial charge in [-0.05, 0) is 29.8 Å². The Labute approximate surface area is 222 Å². The third-order valence-corrected chi connectivity index (χ3v) is 6.44. The smallest absolute Gasteiger partial charge is 0.261 e. The van der Waals surface area contributed by atoms with Gasteiger partial charge in [-0.3, -0.25) is 4.90 Å². The molecule has 0 radical (unpaired) electrons. The molecule has 0 aliphatic heterocycles. The number of carbonyl (C=O) groups is 1. The Hall–Kier alpha value is -5.22. The van der Waals surface area contributed by atoms with Gasteiger partial charge in [-0.15, -0.1) is 0 Å². The second-order valence-corrected chi connectivity index (χ2v) is 8.87. The molecule has 1 heterocycles. The molecule has 0 saturated heterocycles. The average Bonchev–Trinajstić information content (AvgIpc) is 3.41. The van der Waals surface area contributed by atoms with Gasteiger partial charge in [0.1, 0.15) is 5.69 Å². The Bertz CT molecular complexity index is 1610. The lowest BCUT2D eigenvalue weighted by molar-refractivity contribution is 0.247. The highest BCUT2D eigenvalue weighted by molar-refractivity contribution is 6.05. The molecule has 0 aliphatic rings. The molecule has 6 rings (SSSR count). The highest BCUT2D eigenvalue weighted by atomic mass is 16.2. The molecule has 38 heavy (non-hydrogen) atoms. The van der Waals surface area contributed by atoms with Crippen LogP contribution in [-0.2, 0) is 0 Å². The maximum absolute atomic E-state index is 14.6.